The van der Waals surface area contributed by atoms with E-state index in [0.717, 1.165) is 6.42 Å². The monoisotopic (exact) mass is 269 g/mol. The Morgan fingerprint density at radius 3 is 2.79 bits per heavy atom. The van der Waals surface area contributed by atoms with Gasteiger partial charge < -0.3 is 15.2 Å². The van der Waals surface area contributed by atoms with Gasteiger partial charge in [0.2, 0.25) is 0 Å². The Hall–Kier alpha value is -1.40. The molecule has 0 aliphatic heterocycles. The van der Waals surface area contributed by atoms with Crippen molar-refractivity contribution in [2.75, 3.05) is 26.4 Å². The molecule has 108 valence electrons. The zero-order valence-electron chi connectivity index (χ0n) is 11.7. The fourth-order valence-electron chi connectivity index (χ4n) is 1.41. The van der Waals surface area contributed by atoms with Gasteiger partial charge >= 0.3 is 0 Å². The first-order valence-corrected chi connectivity index (χ1v) is 6.61. The molecule has 1 rings (SSSR count). The van der Waals surface area contributed by atoms with E-state index in [1.54, 1.807) is 0 Å². The third kappa shape index (κ3) is 6.35. The molecule has 0 atom stereocenters. The number of hydrogen-bond acceptors (Lipinski definition) is 5. The molecule has 1 aromatic heterocycles. The normalized spacial score (nSPS) is 10.9. The Bertz CT molecular complexity index is 418. The Morgan fingerprint density at radius 2 is 2.16 bits per heavy atom. The van der Waals surface area contributed by atoms with Crippen LogP contribution in [-0.4, -0.2) is 36.1 Å². The van der Waals surface area contributed by atoms with Gasteiger partial charge in [0.05, 0.1) is 19.3 Å². The average Bonchev–Trinajstić information content (AvgIpc) is 2.37. The fourth-order valence-corrected chi connectivity index (χ4v) is 1.41. The summed E-state index contributed by atoms with van der Waals surface area (Å²) in [6.45, 7) is 6.74. The van der Waals surface area contributed by atoms with Crippen molar-refractivity contribution in [2.24, 2.45) is 11.7 Å². The Balaban J connectivity index is 2.36. The summed E-state index contributed by atoms with van der Waals surface area (Å²) in [5.41, 5.74) is 5.12. The van der Waals surface area contributed by atoms with Crippen molar-refractivity contribution in [2.45, 2.75) is 26.8 Å². The number of aromatic nitrogens is 2. The minimum Gasteiger partial charge on any atom is -0.490 e. The maximum absolute atomic E-state index is 11.7. The van der Waals surface area contributed by atoms with Gasteiger partial charge in [0.15, 0.2) is 0 Å². The van der Waals surface area contributed by atoms with Crippen LogP contribution in [0.3, 0.4) is 0 Å². The van der Waals surface area contributed by atoms with Gasteiger partial charge in [-0.2, -0.15) is 5.10 Å². The molecule has 0 fully saturated rings. The molecule has 0 saturated heterocycles. The number of nitrogens with two attached hydrogens (primary N) is 1. The summed E-state index contributed by atoms with van der Waals surface area (Å²) in [5.74, 6) is 1.08. The first kappa shape index (κ1) is 15.7. The van der Waals surface area contributed by atoms with Crippen LogP contribution in [0, 0.1) is 5.92 Å². The number of hydrogen-bond donors (Lipinski definition) is 1. The molecule has 6 nitrogen and oxygen atoms in total. The summed E-state index contributed by atoms with van der Waals surface area (Å²) < 4.78 is 12.0. The molecule has 0 saturated carbocycles. The molecule has 0 unspecified atom stereocenters. The molecule has 0 spiro atoms. The van der Waals surface area contributed by atoms with Crippen molar-refractivity contribution >= 4 is 0 Å². The predicted octanol–water partition coefficient (Wildman–Crippen LogP) is 0.643. The SMILES string of the molecule is CC(C)CCOCCn1ncc(OCCN)cc1=O. The van der Waals surface area contributed by atoms with Crippen LogP contribution < -0.4 is 16.0 Å². The van der Waals surface area contributed by atoms with E-state index in [1.807, 2.05) is 0 Å². The second-order valence-electron chi connectivity index (χ2n) is 4.68. The standard InChI is InChI=1S/C13H23N3O3/c1-11(2)3-6-18-8-5-16-13(17)9-12(10-15-16)19-7-4-14/h9-11H,3-8,14H2,1-2H3. The minimum atomic E-state index is -0.193. The van der Waals surface area contributed by atoms with Crippen LogP contribution in [0.2, 0.25) is 0 Å². The highest BCUT2D eigenvalue weighted by molar-refractivity contribution is 5.13. The Morgan fingerprint density at radius 1 is 1.37 bits per heavy atom. The van der Waals surface area contributed by atoms with Crippen LogP contribution in [0.25, 0.3) is 0 Å². The van der Waals surface area contributed by atoms with Crippen molar-refractivity contribution in [3.05, 3.63) is 22.6 Å². The largest absolute Gasteiger partial charge is 0.490 e. The summed E-state index contributed by atoms with van der Waals surface area (Å²) >= 11 is 0. The van der Waals surface area contributed by atoms with Crippen LogP contribution in [0.15, 0.2) is 17.1 Å². The molecule has 1 aromatic rings. The van der Waals surface area contributed by atoms with Crippen LogP contribution in [0.4, 0.5) is 0 Å². The predicted molar refractivity (Wildman–Crippen MR) is 73.3 cm³/mol. The minimum absolute atomic E-state index is 0.193. The molecule has 1 heterocycles. The molecule has 0 bridgehead atoms. The molecule has 0 aliphatic rings. The van der Waals surface area contributed by atoms with Gasteiger partial charge in [0, 0.05) is 19.2 Å². The second-order valence-corrected chi connectivity index (χ2v) is 4.68. The molecule has 0 amide bonds. The molecule has 6 heteroatoms. The lowest BCUT2D eigenvalue weighted by atomic mass is 10.1. The van der Waals surface area contributed by atoms with Crippen molar-refractivity contribution in [1.82, 2.24) is 9.78 Å². The van der Waals surface area contributed by atoms with E-state index < -0.39 is 0 Å². The summed E-state index contributed by atoms with van der Waals surface area (Å²) in [6, 6.07) is 1.41. The highest BCUT2D eigenvalue weighted by Crippen LogP contribution is 2.02. The zero-order chi connectivity index (χ0) is 14.1. The molecule has 19 heavy (non-hydrogen) atoms. The van der Waals surface area contributed by atoms with Gasteiger partial charge in [-0.25, -0.2) is 4.68 Å². The van der Waals surface area contributed by atoms with E-state index in [0.29, 0.717) is 44.6 Å². The maximum Gasteiger partial charge on any atom is 0.270 e. The molecular weight excluding hydrogens is 246 g/mol. The maximum atomic E-state index is 11.7. The zero-order valence-corrected chi connectivity index (χ0v) is 11.7. The van der Waals surface area contributed by atoms with E-state index >= 15 is 0 Å². The van der Waals surface area contributed by atoms with Crippen LogP contribution >= 0.6 is 0 Å². The molecule has 0 radical (unpaired) electrons. The van der Waals surface area contributed by atoms with Crippen molar-refractivity contribution in [3.8, 4) is 5.75 Å². The van der Waals surface area contributed by atoms with E-state index in [4.69, 9.17) is 15.2 Å². The molecular formula is C13H23N3O3. The van der Waals surface area contributed by atoms with Crippen LogP contribution in [0.1, 0.15) is 20.3 Å². The highest BCUT2D eigenvalue weighted by Gasteiger charge is 2.01. The van der Waals surface area contributed by atoms with Crippen molar-refractivity contribution in [3.63, 3.8) is 0 Å². The summed E-state index contributed by atoms with van der Waals surface area (Å²) in [4.78, 5) is 11.7. The first-order chi connectivity index (χ1) is 9.13. The van der Waals surface area contributed by atoms with Crippen LogP contribution in [-0.2, 0) is 11.3 Å². The Labute approximate surface area is 113 Å². The number of nitrogens with zero attached hydrogens (tertiary/aromatic N) is 2. The van der Waals surface area contributed by atoms with Crippen molar-refractivity contribution in [1.29, 1.82) is 0 Å². The molecule has 0 aliphatic carbocycles. The van der Waals surface area contributed by atoms with E-state index in [1.165, 1.54) is 16.9 Å². The summed E-state index contributed by atoms with van der Waals surface area (Å²) in [5, 5.41) is 4.02. The van der Waals surface area contributed by atoms with E-state index in [2.05, 4.69) is 18.9 Å². The summed E-state index contributed by atoms with van der Waals surface area (Å²) in [6.07, 6.45) is 2.54. The van der Waals surface area contributed by atoms with E-state index in [-0.39, 0.29) is 5.56 Å². The quantitative estimate of drug-likeness (QED) is 0.666. The Kier molecular flexibility index (Phi) is 7.14. The van der Waals surface area contributed by atoms with E-state index in [9.17, 15) is 4.79 Å². The lowest BCUT2D eigenvalue weighted by Crippen LogP contribution is -2.24. The van der Waals surface area contributed by atoms with Gasteiger partial charge in [-0.15, -0.1) is 0 Å². The third-order valence-electron chi connectivity index (χ3n) is 2.52. The lowest BCUT2D eigenvalue weighted by Gasteiger charge is -2.08. The molecule has 0 aromatic carbocycles. The second kappa shape index (κ2) is 8.66. The van der Waals surface area contributed by atoms with Crippen LogP contribution in [0.5, 0.6) is 5.75 Å². The number of rotatable bonds is 9. The third-order valence-corrected chi connectivity index (χ3v) is 2.52. The van der Waals surface area contributed by atoms with Gasteiger partial charge in [-0.05, 0) is 12.3 Å². The van der Waals surface area contributed by atoms with Gasteiger partial charge in [-0.3, -0.25) is 4.79 Å². The first-order valence-electron chi connectivity index (χ1n) is 6.61. The average molecular weight is 269 g/mol. The number of ether oxygens (including phenoxy) is 2. The van der Waals surface area contributed by atoms with Gasteiger partial charge in [0.25, 0.3) is 5.56 Å². The summed E-state index contributed by atoms with van der Waals surface area (Å²) in [7, 11) is 0. The van der Waals surface area contributed by atoms with Gasteiger partial charge in [0.1, 0.15) is 12.4 Å². The smallest absolute Gasteiger partial charge is 0.270 e. The topological polar surface area (TPSA) is 79.4 Å². The lowest BCUT2D eigenvalue weighted by molar-refractivity contribution is 0.113. The molecule has 2 N–H and O–H groups in total. The van der Waals surface area contributed by atoms with Gasteiger partial charge in [-0.1, -0.05) is 13.8 Å². The van der Waals surface area contributed by atoms with Crippen molar-refractivity contribution < 1.29 is 9.47 Å². The highest BCUT2D eigenvalue weighted by atomic mass is 16.5. The fraction of sp³-hybridized carbons (Fsp3) is 0.692.